The normalized spacial score (nSPS) is 15.6. The monoisotopic (exact) mass is 552 g/mol. The highest BCUT2D eigenvalue weighted by molar-refractivity contribution is 7.07. The minimum atomic E-state index is -4.64. The van der Waals surface area contributed by atoms with E-state index in [1.165, 1.54) is 6.20 Å². The van der Waals surface area contributed by atoms with Gasteiger partial charge in [-0.2, -0.15) is 18.4 Å². The van der Waals surface area contributed by atoms with E-state index in [1.807, 2.05) is 7.05 Å². The Morgan fingerprint density at radius 2 is 1.95 bits per heavy atom. The van der Waals surface area contributed by atoms with Crippen molar-refractivity contribution in [2.75, 3.05) is 51.7 Å². The van der Waals surface area contributed by atoms with Gasteiger partial charge in [0.2, 0.25) is 0 Å². The quantitative estimate of drug-likeness (QED) is 0.483. The lowest BCUT2D eigenvalue weighted by atomic mass is 10.3. The summed E-state index contributed by atoms with van der Waals surface area (Å²) in [4.78, 5) is 41.3. The molecule has 38 heavy (non-hydrogen) atoms. The van der Waals surface area contributed by atoms with Gasteiger partial charge in [-0.25, -0.2) is 0 Å². The van der Waals surface area contributed by atoms with Crippen LogP contribution in [0.2, 0.25) is 0 Å². The Bertz CT molecular complexity index is 1390. The molecule has 0 saturated carbocycles. The van der Waals surface area contributed by atoms with E-state index in [4.69, 9.17) is 4.74 Å². The Morgan fingerprint density at radius 3 is 2.58 bits per heavy atom. The van der Waals surface area contributed by atoms with E-state index in [9.17, 15) is 32.8 Å². The Hall–Kier alpha value is -3.83. The summed E-state index contributed by atoms with van der Waals surface area (Å²) in [5.41, 5.74) is -0.556. The minimum absolute atomic E-state index is 0.0489. The van der Waals surface area contributed by atoms with Gasteiger partial charge in [0.1, 0.15) is 27.6 Å². The van der Waals surface area contributed by atoms with Gasteiger partial charge in [-0.05, 0) is 26.1 Å². The lowest BCUT2D eigenvalue weighted by Gasteiger charge is -2.32. The van der Waals surface area contributed by atoms with Gasteiger partial charge in [0, 0.05) is 50.7 Å². The van der Waals surface area contributed by atoms with Crippen LogP contribution < -0.4 is 30.1 Å². The summed E-state index contributed by atoms with van der Waals surface area (Å²) in [6.45, 7) is 2.88. The predicted octanol–water partition coefficient (Wildman–Crippen LogP) is 0.285. The van der Waals surface area contributed by atoms with E-state index in [0.29, 0.717) is 24.5 Å². The number of hydrogen-bond donors (Lipinski definition) is 2. The van der Waals surface area contributed by atoms with Gasteiger partial charge < -0.3 is 25.2 Å². The number of thiazole rings is 1. The number of aromatic nitrogens is 1. The first-order valence-electron chi connectivity index (χ1n) is 11.7. The lowest BCUT2D eigenvalue weighted by Crippen LogP contribution is -2.48. The molecule has 14 heteroatoms. The molecule has 1 aromatic carbocycles. The van der Waals surface area contributed by atoms with E-state index in [1.54, 1.807) is 47.5 Å². The van der Waals surface area contributed by atoms with E-state index in [0.717, 1.165) is 29.0 Å². The van der Waals surface area contributed by atoms with Gasteiger partial charge in [0.05, 0.1) is 0 Å². The number of nitrogens with zero attached hydrogens (tertiary/aromatic N) is 4. The van der Waals surface area contributed by atoms with Gasteiger partial charge >= 0.3 is 6.18 Å². The Kier molecular flexibility index (Phi) is 9.54. The van der Waals surface area contributed by atoms with E-state index < -0.39 is 29.8 Å². The number of halogens is 3. The third kappa shape index (κ3) is 7.59. The van der Waals surface area contributed by atoms with Crippen molar-refractivity contribution in [2.24, 2.45) is 0 Å². The number of ether oxygens (including phenoxy) is 1. The lowest BCUT2D eigenvalue weighted by molar-refractivity contribution is -0.135. The zero-order valence-corrected chi connectivity index (χ0v) is 21.6. The first-order chi connectivity index (χ1) is 18.0. The molecule has 1 aromatic heterocycles. The summed E-state index contributed by atoms with van der Waals surface area (Å²) >= 11 is 0.805. The van der Waals surface area contributed by atoms with Gasteiger partial charge in [-0.15, -0.1) is 11.3 Å². The zero-order chi connectivity index (χ0) is 27.9. The number of anilines is 1. The molecule has 1 saturated heterocycles. The van der Waals surface area contributed by atoms with Crippen molar-refractivity contribution in [3.05, 3.63) is 43.8 Å². The number of benzene rings is 1. The van der Waals surface area contributed by atoms with Crippen molar-refractivity contribution in [2.45, 2.75) is 19.6 Å². The number of carbonyl (C=O) groups excluding carboxylic acids is 2. The van der Waals surface area contributed by atoms with Crippen LogP contribution in [0.4, 0.5) is 18.9 Å². The highest BCUT2D eigenvalue weighted by Crippen LogP contribution is 2.17. The molecule has 0 unspecified atom stereocenters. The SMILES string of the molecule is CCn1c(=O)/c(=C\Nc2cccc(OCC(=O)N3CCN(C)CC3)c2)s/c1=C(/C#N)C(=O)NCC(F)(F)F. The van der Waals surface area contributed by atoms with E-state index in [2.05, 4.69) is 10.2 Å². The molecule has 3 rings (SSSR count). The molecule has 2 aromatic rings. The predicted molar refractivity (Wildman–Crippen MR) is 136 cm³/mol. The van der Waals surface area contributed by atoms with Crippen LogP contribution >= 0.6 is 11.3 Å². The first-order valence-corrected chi connectivity index (χ1v) is 12.5. The second kappa shape index (κ2) is 12.6. The van der Waals surface area contributed by atoms with Crippen molar-refractivity contribution >= 4 is 40.6 Å². The van der Waals surface area contributed by atoms with Crippen LogP contribution in [0.3, 0.4) is 0 Å². The van der Waals surface area contributed by atoms with Gasteiger partial charge in [0.25, 0.3) is 17.4 Å². The number of amides is 2. The molecular formula is C24H27F3N6O4S. The number of carbonyl (C=O) groups is 2. The van der Waals surface area contributed by atoms with Crippen molar-refractivity contribution in [3.8, 4) is 11.8 Å². The number of nitrogens with one attached hydrogen (secondary N) is 2. The molecule has 2 heterocycles. The largest absolute Gasteiger partial charge is 0.484 e. The van der Waals surface area contributed by atoms with Crippen molar-refractivity contribution in [1.29, 1.82) is 5.26 Å². The summed E-state index contributed by atoms with van der Waals surface area (Å²) in [6, 6.07) is 8.33. The first kappa shape index (κ1) is 28.7. The summed E-state index contributed by atoms with van der Waals surface area (Å²) in [6.07, 6.45) is -3.27. The minimum Gasteiger partial charge on any atom is -0.484 e. The van der Waals surface area contributed by atoms with E-state index in [-0.39, 0.29) is 28.3 Å². The van der Waals surface area contributed by atoms with Crippen molar-refractivity contribution < 1.29 is 27.5 Å². The van der Waals surface area contributed by atoms with Crippen LogP contribution in [-0.2, 0) is 16.1 Å². The van der Waals surface area contributed by atoms with Gasteiger partial charge in [-0.1, -0.05) is 6.07 Å². The molecule has 0 atom stereocenters. The molecular weight excluding hydrogens is 525 g/mol. The fourth-order valence-electron chi connectivity index (χ4n) is 3.57. The average Bonchev–Trinajstić information content (AvgIpc) is 3.20. The second-order valence-electron chi connectivity index (χ2n) is 8.39. The molecule has 0 bridgehead atoms. The zero-order valence-electron chi connectivity index (χ0n) is 20.8. The number of nitriles is 1. The second-order valence-corrected chi connectivity index (χ2v) is 9.43. The third-order valence-corrected chi connectivity index (χ3v) is 6.78. The molecule has 2 amide bonds. The Labute approximate surface area is 220 Å². The topological polar surface area (TPSA) is 120 Å². The van der Waals surface area contributed by atoms with Crippen LogP contribution in [-0.4, -0.2) is 78.7 Å². The summed E-state index contributed by atoms with van der Waals surface area (Å²) < 4.78 is 44.3. The van der Waals surface area contributed by atoms with Crippen LogP contribution in [0.25, 0.3) is 11.8 Å². The Balaban J connectivity index is 1.77. The summed E-state index contributed by atoms with van der Waals surface area (Å²) in [5, 5.41) is 14.0. The maximum absolute atomic E-state index is 12.8. The average molecular weight is 553 g/mol. The number of alkyl halides is 3. The number of likely N-dealkylation sites (N-methyl/N-ethyl adjacent to an activating group) is 1. The standard InChI is InChI=1S/C24H27F3N6O4S/c1-3-33-22(36)19(38-23(33)18(12-28)21(35)30-15-24(25,26)27)13-29-16-5-4-6-17(11-16)37-14-20(34)32-9-7-31(2)8-10-32/h4-6,11,13,29H,3,7-10,14-15H2,1-2H3,(H,30,35)/b19-13+,23-18-. The highest BCUT2D eigenvalue weighted by atomic mass is 32.1. The van der Waals surface area contributed by atoms with Crippen LogP contribution in [0, 0.1) is 11.3 Å². The molecule has 0 radical (unpaired) electrons. The number of rotatable bonds is 8. The van der Waals surface area contributed by atoms with Crippen molar-refractivity contribution in [3.63, 3.8) is 0 Å². The number of piperazine rings is 1. The van der Waals surface area contributed by atoms with Crippen LogP contribution in [0.15, 0.2) is 29.1 Å². The highest BCUT2D eigenvalue weighted by Gasteiger charge is 2.29. The van der Waals surface area contributed by atoms with Crippen LogP contribution in [0.5, 0.6) is 5.75 Å². The number of hydrogen-bond acceptors (Lipinski definition) is 8. The molecule has 10 nitrogen and oxygen atoms in total. The Morgan fingerprint density at radius 1 is 1.24 bits per heavy atom. The maximum Gasteiger partial charge on any atom is 0.405 e. The molecule has 204 valence electrons. The van der Waals surface area contributed by atoms with Crippen molar-refractivity contribution in [1.82, 2.24) is 19.7 Å². The smallest absolute Gasteiger partial charge is 0.405 e. The molecule has 1 fully saturated rings. The fraction of sp³-hybridized carbons (Fsp3) is 0.417. The fourth-order valence-corrected chi connectivity index (χ4v) is 4.66. The van der Waals surface area contributed by atoms with Gasteiger partial charge in [0.15, 0.2) is 12.2 Å². The van der Waals surface area contributed by atoms with E-state index >= 15 is 0 Å². The summed E-state index contributed by atoms with van der Waals surface area (Å²) in [7, 11) is 2.00. The molecule has 1 aliphatic rings. The molecule has 2 N–H and O–H groups in total. The molecule has 1 aliphatic heterocycles. The summed E-state index contributed by atoms with van der Waals surface area (Å²) in [5.74, 6) is -0.896. The van der Waals surface area contributed by atoms with Gasteiger partial charge in [-0.3, -0.25) is 19.0 Å². The molecule has 0 spiro atoms. The molecule has 0 aliphatic carbocycles. The maximum atomic E-state index is 12.8. The van der Waals surface area contributed by atoms with Crippen LogP contribution in [0.1, 0.15) is 6.92 Å². The third-order valence-electron chi connectivity index (χ3n) is 5.65.